The Kier molecular flexibility index (Phi) is 3.06. The normalized spacial score (nSPS) is 18.1. The number of rotatable bonds is 3. The lowest BCUT2D eigenvalue weighted by Gasteiger charge is -2.39. The minimum absolute atomic E-state index is 0.00105. The molecule has 2 heterocycles. The summed E-state index contributed by atoms with van der Waals surface area (Å²) < 4.78 is 1.53. The quantitative estimate of drug-likeness (QED) is 0.866. The fourth-order valence-electron chi connectivity index (χ4n) is 2.83. The van der Waals surface area contributed by atoms with Gasteiger partial charge < -0.3 is 4.90 Å². The van der Waals surface area contributed by atoms with Gasteiger partial charge in [0.2, 0.25) is 5.91 Å². The minimum Gasteiger partial charge on any atom is -0.338 e. The molecule has 1 aliphatic carbocycles. The lowest BCUT2D eigenvalue weighted by Crippen LogP contribution is -2.53. The van der Waals surface area contributed by atoms with Crippen molar-refractivity contribution in [2.45, 2.75) is 18.9 Å². The number of nitrogens with zero attached hydrogens (tertiary/aromatic N) is 3. The second-order valence-corrected chi connectivity index (χ2v) is 6.04. The molecule has 1 aromatic heterocycles. The summed E-state index contributed by atoms with van der Waals surface area (Å²) >= 11 is 0. The summed E-state index contributed by atoms with van der Waals surface area (Å²) in [6.45, 7) is 1.20. The van der Waals surface area contributed by atoms with Crippen LogP contribution in [0.3, 0.4) is 0 Å². The van der Waals surface area contributed by atoms with Crippen LogP contribution in [-0.2, 0) is 4.79 Å². The fraction of sp³-hybridized carbons (Fsp3) is 0.353. The van der Waals surface area contributed by atoms with Gasteiger partial charge in [0.25, 0.3) is 5.56 Å². The van der Waals surface area contributed by atoms with Gasteiger partial charge in [0.1, 0.15) is 0 Å². The molecule has 0 unspecified atom stereocenters. The molecule has 5 nitrogen and oxygen atoms in total. The van der Waals surface area contributed by atoms with Crippen LogP contribution in [0.25, 0.3) is 11.3 Å². The molecule has 22 heavy (non-hydrogen) atoms. The van der Waals surface area contributed by atoms with Crippen molar-refractivity contribution in [1.82, 2.24) is 14.7 Å². The van der Waals surface area contributed by atoms with Crippen LogP contribution in [0.4, 0.5) is 0 Å². The SMILES string of the molecule is O=C(C1CC1)N1CC(n2nc(-c3ccccc3)ccc2=O)C1. The molecule has 0 atom stereocenters. The third kappa shape index (κ3) is 2.32. The molecule has 5 heteroatoms. The van der Waals surface area contributed by atoms with E-state index in [1.54, 1.807) is 12.1 Å². The van der Waals surface area contributed by atoms with E-state index in [0.29, 0.717) is 13.1 Å². The Morgan fingerprint density at radius 2 is 1.77 bits per heavy atom. The van der Waals surface area contributed by atoms with E-state index in [0.717, 1.165) is 24.1 Å². The molecule has 0 bridgehead atoms. The van der Waals surface area contributed by atoms with Crippen molar-refractivity contribution in [2.24, 2.45) is 5.92 Å². The van der Waals surface area contributed by atoms with Crippen LogP contribution < -0.4 is 5.56 Å². The van der Waals surface area contributed by atoms with Gasteiger partial charge in [0.15, 0.2) is 0 Å². The van der Waals surface area contributed by atoms with Crippen molar-refractivity contribution in [1.29, 1.82) is 0 Å². The van der Waals surface area contributed by atoms with E-state index in [1.807, 2.05) is 35.2 Å². The molecule has 1 amide bonds. The predicted molar refractivity (Wildman–Crippen MR) is 82.3 cm³/mol. The van der Waals surface area contributed by atoms with Gasteiger partial charge in [-0.25, -0.2) is 4.68 Å². The van der Waals surface area contributed by atoms with E-state index in [9.17, 15) is 9.59 Å². The molecule has 0 radical (unpaired) electrons. The van der Waals surface area contributed by atoms with E-state index >= 15 is 0 Å². The second-order valence-electron chi connectivity index (χ2n) is 6.04. The molecule has 112 valence electrons. The van der Waals surface area contributed by atoms with E-state index in [1.165, 1.54) is 4.68 Å². The van der Waals surface area contributed by atoms with Crippen molar-refractivity contribution in [3.05, 3.63) is 52.8 Å². The minimum atomic E-state index is -0.108. The van der Waals surface area contributed by atoms with Gasteiger partial charge in [-0.05, 0) is 18.9 Å². The molecule has 2 fully saturated rings. The summed E-state index contributed by atoms with van der Waals surface area (Å²) in [6, 6.07) is 13.1. The average Bonchev–Trinajstić information content (AvgIpc) is 3.33. The van der Waals surface area contributed by atoms with E-state index in [-0.39, 0.29) is 23.4 Å². The van der Waals surface area contributed by atoms with E-state index < -0.39 is 0 Å². The highest BCUT2D eigenvalue weighted by molar-refractivity contribution is 5.81. The summed E-state index contributed by atoms with van der Waals surface area (Å²) in [4.78, 5) is 25.9. The Labute approximate surface area is 128 Å². The summed E-state index contributed by atoms with van der Waals surface area (Å²) in [7, 11) is 0. The summed E-state index contributed by atoms with van der Waals surface area (Å²) in [5.41, 5.74) is 1.66. The molecule has 0 N–H and O–H groups in total. The Balaban J connectivity index is 1.55. The molecule has 4 rings (SSSR count). The molecule has 1 aromatic carbocycles. The zero-order chi connectivity index (χ0) is 15.1. The molecule has 2 aliphatic rings. The number of carbonyl (C=O) groups excluding carboxylic acids is 1. The monoisotopic (exact) mass is 295 g/mol. The maximum absolute atomic E-state index is 12.1. The van der Waals surface area contributed by atoms with Crippen molar-refractivity contribution in [2.75, 3.05) is 13.1 Å². The summed E-state index contributed by atoms with van der Waals surface area (Å²) in [5.74, 6) is 0.477. The van der Waals surface area contributed by atoms with Crippen LogP contribution in [0, 0.1) is 5.92 Å². The first-order chi connectivity index (χ1) is 10.7. The highest BCUT2D eigenvalue weighted by Gasteiger charge is 2.40. The number of carbonyl (C=O) groups is 1. The van der Waals surface area contributed by atoms with Crippen molar-refractivity contribution in [3.8, 4) is 11.3 Å². The largest absolute Gasteiger partial charge is 0.338 e. The average molecular weight is 295 g/mol. The maximum atomic E-state index is 12.1. The number of hydrogen-bond donors (Lipinski definition) is 0. The topological polar surface area (TPSA) is 55.2 Å². The van der Waals surface area contributed by atoms with Crippen molar-refractivity contribution >= 4 is 5.91 Å². The van der Waals surface area contributed by atoms with Crippen LogP contribution in [0.5, 0.6) is 0 Å². The van der Waals surface area contributed by atoms with Gasteiger partial charge in [-0.15, -0.1) is 0 Å². The third-order valence-corrected chi connectivity index (χ3v) is 4.34. The molecule has 1 saturated heterocycles. The van der Waals surface area contributed by atoms with E-state index in [2.05, 4.69) is 5.10 Å². The van der Waals surface area contributed by atoms with E-state index in [4.69, 9.17) is 0 Å². The molecular formula is C17H17N3O2. The zero-order valence-electron chi connectivity index (χ0n) is 12.2. The highest BCUT2D eigenvalue weighted by Crippen LogP contribution is 2.34. The molecule has 1 saturated carbocycles. The second kappa shape index (κ2) is 5.09. The van der Waals surface area contributed by atoms with Crippen LogP contribution in [0.15, 0.2) is 47.3 Å². The number of amides is 1. The summed E-state index contributed by atoms with van der Waals surface area (Å²) in [6.07, 6.45) is 2.03. The molecular weight excluding hydrogens is 278 g/mol. The Morgan fingerprint density at radius 1 is 1.05 bits per heavy atom. The Morgan fingerprint density at radius 3 is 2.45 bits per heavy atom. The van der Waals surface area contributed by atoms with Gasteiger partial charge >= 0.3 is 0 Å². The number of likely N-dealkylation sites (tertiary alicyclic amines) is 1. The van der Waals surface area contributed by atoms with Gasteiger partial charge in [-0.2, -0.15) is 5.10 Å². The number of aromatic nitrogens is 2. The smallest absolute Gasteiger partial charge is 0.267 e. The van der Waals surface area contributed by atoms with Crippen LogP contribution in [0.1, 0.15) is 18.9 Å². The van der Waals surface area contributed by atoms with Crippen LogP contribution in [-0.4, -0.2) is 33.7 Å². The number of hydrogen-bond acceptors (Lipinski definition) is 3. The van der Waals surface area contributed by atoms with Crippen molar-refractivity contribution in [3.63, 3.8) is 0 Å². The van der Waals surface area contributed by atoms with Gasteiger partial charge in [-0.1, -0.05) is 30.3 Å². The first-order valence-corrected chi connectivity index (χ1v) is 7.66. The van der Waals surface area contributed by atoms with Crippen molar-refractivity contribution < 1.29 is 4.79 Å². The fourth-order valence-corrected chi connectivity index (χ4v) is 2.83. The Bertz CT molecular complexity index is 759. The van der Waals surface area contributed by atoms with Crippen LogP contribution in [0.2, 0.25) is 0 Å². The highest BCUT2D eigenvalue weighted by atomic mass is 16.2. The predicted octanol–water partition coefficient (Wildman–Crippen LogP) is 1.70. The lowest BCUT2D eigenvalue weighted by atomic mass is 10.1. The molecule has 2 aromatic rings. The maximum Gasteiger partial charge on any atom is 0.267 e. The first-order valence-electron chi connectivity index (χ1n) is 7.66. The first kappa shape index (κ1) is 13.2. The zero-order valence-corrected chi connectivity index (χ0v) is 12.2. The van der Waals surface area contributed by atoms with Gasteiger partial charge in [0, 0.05) is 30.6 Å². The third-order valence-electron chi connectivity index (χ3n) is 4.34. The standard InChI is InChI=1S/C17H17N3O2/c21-16-9-8-15(12-4-2-1-3-5-12)18-20(16)14-10-19(11-14)17(22)13-6-7-13/h1-5,8-9,13-14H,6-7,10-11H2. The summed E-state index contributed by atoms with van der Waals surface area (Å²) in [5, 5.41) is 4.48. The van der Waals surface area contributed by atoms with Gasteiger partial charge in [-0.3, -0.25) is 9.59 Å². The number of benzene rings is 1. The molecule has 0 spiro atoms. The van der Waals surface area contributed by atoms with Gasteiger partial charge in [0.05, 0.1) is 11.7 Å². The Hall–Kier alpha value is -2.43. The van der Waals surface area contributed by atoms with Crippen LogP contribution >= 0.6 is 0 Å². The molecule has 1 aliphatic heterocycles. The lowest BCUT2D eigenvalue weighted by molar-refractivity contribution is -0.138.